The maximum absolute atomic E-state index is 4.27. The summed E-state index contributed by atoms with van der Waals surface area (Å²) in [4.78, 5) is 7.41. The first-order chi connectivity index (χ1) is 7.90. The minimum Gasteiger partial charge on any atom is -0.349 e. The molecule has 3 heteroatoms. The van der Waals surface area contributed by atoms with Gasteiger partial charge in [0.15, 0.2) is 0 Å². The van der Waals surface area contributed by atoms with Crippen molar-refractivity contribution in [3.8, 4) is 0 Å². The number of likely N-dealkylation sites (N-methyl/N-ethyl adjacent to an activating group) is 1. The fraction of sp³-hybridized carbons (Fsp3) is 0.308. The molecule has 0 aliphatic rings. The van der Waals surface area contributed by atoms with Crippen molar-refractivity contribution in [2.24, 2.45) is 0 Å². The number of nitrogens with one attached hydrogen (secondary N) is 2. The summed E-state index contributed by atoms with van der Waals surface area (Å²) in [6.45, 7) is 3.08. The van der Waals surface area contributed by atoms with Gasteiger partial charge < -0.3 is 10.3 Å². The zero-order valence-electron chi connectivity index (χ0n) is 9.48. The molecule has 0 amide bonds. The molecule has 1 heterocycles. The van der Waals surface area contributed by atoms with Crippen molar-refractivity contribution in [1.82, 2.24) is 15.3 Å². The van der Waals surface area contributed by atoms with Crippen LogP contribution in [0.2, 0.25) is 0 Å². The van der Waals surface area contributed by atoms with Crippen LogP contribution in [0.5, 0.6) is 0 Å². The lowest BCUT2D eigenvalue weighted by Gasteiger charge is -2.17. The number of benzene rings is 1. The average molecular weight is 215 g/mol. The Kier molecular flexibility index (Phi) is 3.72. The Morgan fingerprint density at radius 2 is 2.12 bits per heavy atom. The van der Waals surface area contributed by atoms with Gasteiger partial charge in [-0.05, 0) is 12.1 Å². The van der Waals surface area contributed by atoms with Crippen LogP contribution >= 0.6 is 0 Å². The number of imidazole rings is 1. The zero-order valence-corrected chi connectivity index (χ0v) is 9.48. The Morgan fingerprint density at radius 1 is 1.31 bits per heavy atom. The first-order valence-corrected chi connectivity index (χ1v) is 5.66. The van der Waals surface area contributed by atoms with Crippen LogP contribution in [0.3, 0.4) is 0 Å². The molecule has 16 heavy (non-hydrogen) atoms. The van der Waals surface area contributed by atoms with Gasteiger partial charge in [-0.3, -0.25) is 0 Å². The van der Waals surface area contributed by atoms with Crippen LogP contribution in [0.25, 0.3) is 0 Å². The highest BCUT2D eigenvalue weighted by atomic mass is 14.9. The lowest BCUT2D eigenvalue weighted by Crippen LogP contribution is -2.23. The standard InChI is InChI=1S/C13H17N3/c1-2-14-12(10-13-15-8-9-16-13)11-6-4-3-5-7-11/h3-9,12,14H,2,10H2,1H3,(H,15,16). The summed E-state index contributed by atoms with van der Waals surface area (Å²) >= 11 is 0. The number of rotatable bonds is 5. The SMILES string of the molecule is CCNC(Cc1ncc[nH]1)c1ccccc1. The van der Waals surface area contributed by atoms with Crippen LogP contribution in [0.1, 0.15) is 24.4 Å². The second-order valence-corrected chi connectivity index (χ2v) is 3.76. The molecule has 1 aromatic carbocycles. The second kappa shape index (κ2) is 5.47. The van der Waals surface area contributed by atoms with E-state index in [2.05, 4.69) is 46.5 Å². The monoisotopic (exact) mass is 215 g/mol. The van der Waals surface area contributed by atoms with E-state index in [9.17, 15) is 0 Å². The molecular weight excluding hydrogens is 198 g/mol. The molecule has 0 aliphatic heterocycles. The first kappa shape index (κ1) is 10.9. The van der Waals surface area contributed by atoms with Crippen molar-refractivity contribution in [2.45, 2.75) is 19.4 Å². The molecule has 3 nitrogen and oxygen atoms in total. The Bertz CT molecular complexity index is 394. The third-order valence-corrected chi connectivity index (χ3v) is 2.60. The molecule has 0 saturated heterocycles. The van der Waals surface area contributed by atoms with Crippen LogP contribution in [-0.2, 0) is 6.42 Å². The molecule has 0 spiro atoms. The Hall–Kier alpha value is -1.61. The van der Waals surface area contributed by atoms with Crippen molar-refractivity contribution >= 4 is 0 Å². The largest absolute Gasteiger partial charge is 0.349 e. The van der Waals surface area contributed by atoms with Gasteiger partial charge in [0.25, 0.3) is 0 Å². The Labute approximate surface area is 95.9 Å². The first-order valence-electron chi connectivity index (χ1n) is 5.66. The van der Waals surface area contributed by atoms with Crippen LogP contribution in [-0.4, -0.2) is 16.5 Å². The summed E-state index contributed by atoms with van der Waals surface area (Å²) in [5.74, 6) is 1.02. The molecule has 0 fully saturated rings. The van der Waals surface area contributed by atoms with Gasteiger partial charge in [0.2, 0.25) is 0 Å². The molecule has 0 bridgehead atoms. The molecule has 84 valence electrons. The van der Waals surface area contributed by atoms with Crippen LogP contribution < -0.4 is 5.32 Å². The van der Waals surface area contributed by atoms with Crippen molar-refractivity contribution in [2.75, 3.05) is 6.54 Å². The molecule has 0 saturated carbocycles. The molecule has 1 unspecified atom stereocenters. The Balaban J connectivity index is 2.11. The zero-order chi connectivity index (χ0) is 11.2. The third-order valence-electron chi connectivity index (χ3n) is 2.60. The number of nitrogens with zero attached hydrogens (tertiary/aromatic N) is 1. The maximum atomic E-state index is 4.27. The fourth-order valence-electron chi connectivity index (χ4n) is 1.84. The normalized spacial score (nSPS) is 12.6. The quantitative estimate of drug-likeness (QED) is 0.803. The van der Waals surface area contributed by atoms with Gasteiger partial charge in [-0.2, -0.15) is 0 Å². The van der Waals surface area contributed by atoms with E-state index < -0.39 is 0 Å². The van der Waals surface area contributed by atoms with Crippen molar-refractivity contribution in [3.63, 3.8) is 0 Å². The molecule has 1 aromatic heterocycles. The maximum Gasteiger partial charge on any atom is 0.107 e. The summed E-state index contributed by atoms with van der Waals surface area (Å²) in [5, 5.41) is 3.48. The van der Waals surface area contributed by atoms with E-state index in [0.717, 1.165) is 18.8 Å². The minimum atomic E-state index is 0.331. The third kappa shape index (κ3) is 2.70. The minimum absolute atomic E-state index is 0.331. The van der Waals surface area contributed by atoms with Gasteiger partial charge in [0.05, 0.1) is 0 Å². The highest BCUT2D eigenvalue weighted by Gasteiger charge is 2.11. The van der Waals surface area contributed by atoms with E-state index >= 15 is 0 Å². The van der Waals surface area contributed by atoms with Gasteiger partial charge in [-0.1, -0.05) is 37.3 Å². The molecule has 1 atom stereocenters. The number of hydrogen-bond acceptors (Lipinski definition) is 2. The molecule has 2 N–H and O–H groups in total. The summed E-state index contributed by atoms with van der Waals surface area (Å²) in [5.41, 5.74) is 1.31. The predicted molar refractivity (Wildman–Crippen MR) is 65.2 cm³/mol. The highest BCUT2D eigenvalue weighted by Crippen LogP contribution is 2.16. The van der Waals surface area contributed by atoms with Crippen LogP contribution in [0.15, 0.2) is 42.7 Å². The van der Waals surface area contributed by atoms with Gasteiger partial charge in [0.1, 0.15) is 5.82 Å². The van der Waals surface area contributed by atoms with E-state index in [1.54, 1.807) is 6.20 Å². The number of aromatic nitrogens is 2. The summed E-state index contributed by atoms with van der Waals surface area (Å²) in [6.07, 6.45) is 4.55. The number of hydrogen-bond donors (Lipinski definition) is 2. The van der Waals surface area contributed by atoms with Gasteiger partial charge in [-0.25, -0.2) is 4.98 Å². The summed E-state index contributed by atoms with van der Waals surface area (Å²) in [7, 11) is 0. The van der Waals surface area contributed by atoms with Crippen LogP contribution in [0.4, 0.5) is 0 Å². The number of H-pyrrole nitrogens is 1. The van der Waals surface area contributed by atoms with Crippen LogP contribution in [0, 0.1) is 0 Å². The smallest absolute Gasteiger partial charge is 0.107 e. The molecular formula is C13H17N3. The number of aromatic amines is 1. The fourth-order valence-corrected chi connectivity index (χ4v) is 1.84. The van der Waals surface area contributed by atoms with E-state index in [-0.39, 0.29) is 0 Å². The lowest BCUT2D eigenvalue weighted by atomic mass is 10.0. The summed E-state index contributed by atoms with van der Waals surface area (Å²) in [6, 6.07) is 10.8. The average Bonchev–Trinajstić information content (AvgIpc) is 2.83. The van der Waals surface area contributed by atoms with Gasteiger partial charge >= 0.3 is 0 Å². The topological polar surface area (TPSA) is 40.7 Å². The highest BCUT2D eigenvalue weighted by molar-refractivity contribution is 5.20. The molecule has 2 aromatic rings. The van der Waals surface area contributed by atoms with Crippen molar-refractivity contribution in [1.29, 1.82) is 0 Å². The predicted octanol–water partition coefficient (Wildman–Crippen LogP) is 2.30. The van der Waals surface area contributed by atoms with E-state index in [0.29, 0.717) is 6.04 Å². The summed E-state index contributed by atoms with van der Waals surface area (Å²) < 4.78 is 0. The van der Waals surface area contributed by atoms with Crippen molar-refractivity contribution in [3.05, 3.63) is 54.1 Å². The second-order valence-electron chi connectivity index (χ2n) is 3.76. The van der Waals surface area contributed by atoms with E-state index in [1.807, 2.05) is 12.3 Å². The molecule has 0 aliphatic carbocycles. The van der Waals surface area contributed by atoms with Crippen molar-refractivity contribution < 1.29 is 0 Å². The molecule has 0 radical (unpaired) electrons. The lowest BCUT2D eigenvalue weighted by molar-refractivity contribution is 0.539. The Morgan fingerprint density at radius 3 is 2.75 bits per heavy atom. The van der Waals surface area contributed by atoms with E-state index in [4.69, 9.17) is 0 Å². The van der Waals surface area contributed by atoms with Gasteiger partial charge in [-0.15, -0.1) is 0 Å². The van der Waals surface area contributed by atoms with E-state index in [1.165, 1.54) is 5.56 Å². The van der Waals surface area contributed by atoms with Gasteiger partial charge in [0, 0.05) is 24.9 Å². The molecule has 2 rings (SSSR count).